The standard InChI is InChI=1S/C19H20N2O4/c1-2-13-5-3-4-6-16(13)21-19(25)14-7-9-15(10-8-14)20-17(22)11-12-18(23)24/h3-10H,2,11-12H2,1H3,(H,20,22)(H,21,25)(H,23,24). The zero-order chi connectivity index (χ0) is 18.2. The van der Waals surface area contributed by atoms with Crippen molar-refractivity contribution in [1.29, 1.82) is 0 Å². The van der Waals surface area contributed by atoms with Gasteiger partial charge in [-0.3, -0.25) is 14.4 Å². The van der Waals surface area contributed by atoms with E-state index in [0.29, 0.717) is 11.3 Å². The quantitative estimate of drug-likeness (QED) is 0.720. The summed E-state index contributed by atoms with van der Waals surface area (Å²) in [6.45, 7) is 2.02. The van der Waals surface area contributed by atoms with Crippen LogP contribution in [0, 0.1) is 0 Å². The van der Waals surface area contributed by atoms with Gasteiger partial charge in [0.1, 0.15) is 0 Å². The third-order valence-corrected chi connectivity index (χ3v) is 3.64. The minimum absolute atomic E-state index is 0.0919. The number of hydrogen-bond acceptors (Lipinski definition) is 3. The van der Waals surface area contributed by atoms with E-state index in [0.717, 1.165) is 17.7 Å². The van der Waals surface area contributed by atoms with Crippen LogP contribution in [-0.2, 0) is 16.0 Å². The number of aryl methyl sites for hydroxylation is 1. The van der Waals surface area contributed by atoms with E-state index in [1.54, 1.807) is 24.3 Å². The number of hydrogen-bond donors (Lipinski definition) is 3. The summed E-state index contributed by atoms with van der Waals surface area (Å²) in [5.41, 5.74) is 2.81. The summed E-state index contributed by atoms with van der Waals surface area (Å²) in [5.74, 6) is -1.63. The van der Waals surface area contributed by atoms with E-state index in [-0.39, 0.29) is 24.7 Å². The van der Waals surface area contributed by atoms with Gasteiger partial charge in [-0.15, -0.1) is 0 Å². The van der Waals surface area contributed by atoms with Gasteiger partial charge in [-0.1, -0.05) is 25.1 Å². The molecule has 2 aromatic rings. The van der Waals surface area contributed by atoms with Gasteiger partial charge < -0.3 is 15.7 Å². The van der Waals surface area contributed by atoms with Crippen molar-refractivity contribution in [3.63, 3.8) is 0 Å². The van der Waals surface area contributed by atoms with Crippen LogP contribution in [0.15, 0.2) is 48.5 Å². The van der Waals surface area contributed by atoms with Crippen molar-refractivity contribution in [3.05, 3.63) is 59.7 Å². The Morgan fingerprint density at radius 1 is 0.920 bits per heavy atom. The van der Waals surface area contributed by atoms with Gasteiger partial charge in [0.25, 0.3) is 5.91 Å². The molecule has 0 aliphatic carbocycles. The molecule has 0 aliphatic rings. The third kappa shape index (κ3) is 5.46. The van der Waals surface area contributed by atoms with Crippen molar-refractivity contribution in [2.45, 2.75) is 26.2 Å². The Hall–Kier alpha value is -3.15. The predicted molar refractivity (Wildman–Crippen MR) is 95.7 cm³/mol. The van der Waals surface area contributed by atoms with Gasteiger partial charge in [-0.05, 0) is 42.3 Å². The topological polar surface area (TPSA) is 95.5 Å². The molecule has 0 fully saturated rings. The number of benzene rings is 2. The maximum atomic E-state index is 12.3. The van der Waals surface area contributed by atoms with Gasteiger partial charge in [-0.2, -0.15) is 0 Å². The highest BCUT2D eigenvalue weighted by Gasteiger charge is 2.09. The molecule has 0 spiro atoms. The predicted octanol–water partition coefficient (Wildman–Crippen LogP) is 3.30. The Morgan fingerprint density at radius 2 is 1.60 bits per heavy atom. The Morgan fingerprint density at radius 3 is 2.24 bits per heavy atom. The number of amides is 2. The zero-order valence-corrected chi connectivity index (χ0v) is 13.9. The van der Waals surface area contributed by atoms with Crippen molar-refractivity contribution >= 4 is 29.2 Å². The molecule has 2 rings (SSSR count). The molecule has 0 aliphatic heterocycles. The summed E-state index contributed by atoms with van der Waals surface area (Å²) in [6, 6.07) is 14.0. The Bertz CT molecular complexity index is 769. The highest BCUT2D eigenvalue weighted by atomic mass is 16.4. The van der Waals surface area contributed by atoms with Gasteiger partial charge >= 0.3 is 5.97 Å². The van der Waals surface area contributed by atoms with Gasteiger partial charge in [0, 0.05) is 23.4 Å². The first-order valence-corrected chi connectivity index (χ1v) is 8.00. The number of carbonyl (C=O) groups is 3. The lowest BCUT2D eigenvalue weighted by Gasteiger charge is -2.10. The number of anilines is 2. The van der Waals surface area contributed by atoms with Gasteiger partial charge in [0.15, 0.2) is 0 Å². The Kier molecular flexibility index (Phi) is 6.28. The highest BCUT2D eigenvalue weighted by Crippen LogP contribution is 2.17. The maximum Gasteiger partial charge on any atom is 0.303 e. The van der Waals surface area contributed by atoms with Crippen molar-refractivity contribution in [2.75, 3.05) is 10.6 Å². The minimum atomic E-state index is -1.02. The van der Waals surface area contributed by atoms with Crippen molar-refractivity contribution < 1.29 is 19.5 Å². The van der Waals surface area contributed by atoms with Crippen LogP contribution in [0.3, 0.4) is 0 Å². The molecule has 0 aromatic heterocycles. The van der Waals surface area contributed by atoms with Crippen molar-refractivity contribution in [3.8, 4) is 0 Å². The SMILES string of the molecule is CCc1ccccc1NC(=O)c1ccc(NC(=O)CCC(=O)O)cc1. The second-order valence-electron chi connectivity index (χ2n) is 5.48. The molecule has 0 heterocycles. The van der Waals surface area contributed by atoms with E-state index >= 15 is 0 Å². The summed E-state index contributed by atoms with van der Waals surface area (Å²) >= 11 is 0. The lowest BCUT2D eigenvalue weighted by molar-refractivity contribution is -0.138. The van der Waals surface area contributed by atoms with Crippen LogP contribution in [0.5, 0.6) is 0 Å². The summed E-state index contributed by atoms with van der Waals surface area (Å²) < 4.78 is 0. The van der Waals surface area contributed by atoms with Gasteiger partial charge in [-0.25, -0.2) is 0 Å². The number of carboxylic acid groups (broad SMARTS) is 1. The first kappa shape index (κ1) is 18.2. The van der Waals surface area contributed by atoms with E-state index in [4.69, 9.17) is 5.11 Å². The lowest BCUT2D eigenvalue weighted by atomic mass is 10.1. The molecule has 0 radical (unpaired) electrons. The third-order valence-electron chi connectivity index (χ3n) is 3.64. The molecule has 0 saturated heterocycles. The van der Waals surface area contributed by atoms with Crippen molar-refractivity contribution in [2.24, 2.45) is 0 Å². The molecule has 6 nitrogen and oxygen atoms in total. The van der Waals surface area contributed by atoms with Crippen LogP contribution in [0.25, 0.3) is 0 Å². The molecular formula is C19H20N2O4. The fourth-order valence-corrected chi connectivity index (χ4v) is 2.29. The van der Waals surface area contributed by atoms with E-state index in [2.05, 4.69) is 10.6 Å². The molecule has 0 saturated carbocycles. The maximum absolute atomic E-state index is 12.3. The van der Waals surface area contributed by atoms with Crippen molar-refractivity contribution in [1.82, 2.24) is 0 Å². The number of nitrogens with one attached hydrogen (secondary N) is 2. The first-order chi connectivity index (χ1) is 12.0. The first-order valence-electron chi connectivity index (χ1n) is 8.00. The normalized spacial score (nSPS) is 10.1. The second-order valence-corrected chi connectivity index (χ2v) is 5.48. The van der Waals surface area contributed by atoms with Gasteiger partial charge in [0.2, 0.25) is 5.91 Å². The van der Waals surface area contributed by atoms with E-state index in [1.807, 2.05) is 31.2 Å². The number of carboxylic acids is 1. The van der Waals surface area contributed by atoms with E-state index in [1.165, 1.54) is 0 Å². The summed E-state index contributed by atoms with van der Waals surface area (Å²) in [4.78, 5) is 34.4. The molecular weight excluding hydrogens is 320 g/mol. The van der Waals surface area contributed by atoms with E-state index in [9.17, 15) is 14.4 Å². The second kappa shape index (κ2) is 8.63. The fraction of sp³-hybridized carbons (Fsp3) is 0.211. The largest absolute Gasteiger partial charge is 0.481 e. The van der Waals surface area contributed by atoms with E-state index < -0.39 is 5.97 Å². The molecule has 3 N–H and O–H groups in total. The molecule has 0 bridgehead atoms. The molecule has 25 heavy (non-hydrogen) atoms. The smallest absolute Gasteiger partial charge is 0.303 e. The number of rotatable bonds is 7. The molecule has 0 unspecified atom stereocenters. The highest BCUT2D eigenvalue weighted by molar-refractivity contribution is 6.05. The van der Waals surface area contributed by atoms with Crippen LogP contribution in [-0.4, -0.2) is 22.9 Å². The van der Waals surface area contributed by atoms with Crippen LogP contribution in [0.4, 0.5) is 11.4 Å². The Labute approximate surface area is 145 Å². The summed E-state index contributed by atoms with van der Waals surface area (Å²) in [7, 11) is 0. The summed E-state index contributed by atoms with van der Waals surface area (Å²) in [6.07, 6.45) is 0.506. The zero-order valence-electron chi connectivity index (χ0n) is 13.9. The summed E-state index contributed by atoms with van der Waals surface area (Å²) in [5, 5.41) is 14.0. The Balaban J connectivity index is 1.98. The number of aliphatic carboxylic acids is 1. The van der Waals surface area contributed by atoms with Crippen LogP contribution >= 0.6 is 0 Å². The molecule has 6 heteroatoms. The fourth-order valence-electron chi connectivity index (χ4n) is 2.29. The molecule has 130 valence electrons. The lowest BCUT2D eigenvalue weighted by Crippen LogP contribution is -2.15. The average Bonchev–Trinajstić information content (AvgIpc) is 2.61. The number of para-hydroxylation sites is 1. The van der Waals surface area contributed by atoms with Crippen LogP contribution < -0.4 is 10.6 Å². The number of carbonyl (C=O) groups excluding carboxylic acids is 2. The van der Waals surface area contributed by atoms with Crippen LogP contribution in [0.2, 0.25) is 0 Å². The average molecular weight is 340 g/mol. The molecule has 2 amide bonds. The van der Waals surface area contributed by atoms with Crippen LogP contribution in [0.1, 0.15) is 35.7 Å². The molecule has 0 atom stereocenters. The molecule has 2 aromatic carbocycles. The monoisotopic (exact) mass is 340 g/mol. The van der Waals surface area contributed by atoms with Gasteiger partial charge in [0.05, 0.1) is 6.42 Å². The minimum Gasteiger partial charge on any atom is -0.481 e.